The smallest absolute Gasteiger partial charge is 0.255 e. The molecule has 0 aliphatic heterocycles. The van der Waals surface area contributed by atoms with E-state index in [1.165, 1.54) is 11.0 Å². The first-order chi connectivity index (χ1) is 19.3. The van der Waals surface area contributed by atoms with Crippen LogP contribution in [0.2, 0.25) is 0 Å². The summed E-state index contributed by atoms with van der Waals surface area (Å²) < 4.78 is 0. The number of likely N-dealkylation sites (N-methyl/N-ethyl adjacent to an activating group) is 1. The number of fused-ring (bicyclic) bond motifs is 3. The molecule has 41 heavy (non-hydrogen) atoms. The van der Waals surface area contributed by atoms with Gasteiger partial charge in [-0.15, -0.1) is 0 Å². The van der Waals surface area contributed by atoms with Gasteiger partial charge in [-0.1, -0.05) is 44.2 Å². The number of aliphatic hydroxyl groups is 3. The average Bonchev–Trinajstić information content (AvgIpc) is 2.89. The number of Topliss-reactive ketones (excluding diaryl/α,β-unsaturated/α-hetero) is 2. The standard InChI is InChI=1S/C31H35N3O7/c1-14(2)33-13-15-5-7-16(8-6-15)18-9-10-21(35)23-19(18)11-17-12-20-25(34(3)4)27(37)24(30(32)40)29(39)31(20,41)28(38)22(17)26(23)36/h5-10,14,17,20,25,33,35-36,39,41H,11-13H2,1-4H3,(H2,32,40). The largest absolute Gasteiger partial charge is 0.508 e. The molecule has 4 atom stereocenters. The highest BCUT2D eigenvalue weighted by molar-refractivity contribution is 6.24. The summed E-state index contributed by atoms with van der Waals surface area (Å²) in [6.07, 6.45) is 0.273. The van der Waals surface area contributed by atoms with Crippen molar-refractivity contribution in [2.24, 2.45) is 17.6 Å². The first-order valence-corrected chi connectivity index (χ1v) is 13.6. The van der Waals surface area contributed by atoms with Gasteiger partial charge in [-0.3, -0.25) is 19.3 Å². The SMILES string of the molecule is CC(C)NCc1ccc(-c2ccc(O)c3c2CC2CC4C(N(C)C)C(=O)C(C(N)=O)=C(O)C4(O)C(=O)C2=C3O)cc1. The molecule has 4 unspecified atom stereocenters. The fraction of sp³-hybridized carbons (Fsp3) is 0.387. The van der Waals surface area contributed by atoms with Gasteiger partial charge in [0.1, 0.15) is 22.8 Å². The fourth-order valence-electron chi connectivity index (χ4n) is 6.64. The van der Waals surface area contributed by atoms with Crippen LogP contribution in [0.25, 0.3) is 16.9 Å². The number of nitrogens with zero attached hydrogens (tertiary/aromatic N) is 1. The minimum absolute atomic E-state index is 0.0423. The number of hydrogen-bond donors (Lipinski definition) is 6. The summed E-state index contributed by atoms with van der Waals surface area (Å²) in [5, 5.41) is 48.3. The van der Waals surface area contributed by atoms with Gasteiger partial charge in [0.25, 0.3) is 5.91 Å². The van der Waals surface area contributed by atoms with Crippen LogP contribution >= 0.6 is 0 Å². The molecule has 216 valence electrons. The van der Waals surface area contributed by atoms with Gasteiger partial charge in [0.15, 0.2) is 11.4 Å². The first kappa shape index (κ1) is 28.5. The Morgan fingerprint density at radius 1 is 1.10 bits per heavy atom. The molecule has 0 spiro atoms. The van der Waals surface area contributed by atoms with E-state index in [9.17, 15) is 34.8 Å². The van der Waals surface area contributed by atoms with Crippen molar-refractivity contribution in [2.75, 3.05) is 14.1 Å². The second-order valence-corrected chi connectivity index (χ2v) is 11.7. The number of nitrogens with one attached hydrogen (secondary N) is 1. The minimum atomic E-state index is -2.66. The van der Waals surface area contributed by atoms with E-state index in [1.54, 1.807) is 20.2 Å². The molecule has 1 fully saturated rings. The highest BCUT2D eigenvalue weighted by Gasteiger charge is 2.64. The monoisotopic (exact) mass is 561 g/mol. The summed E-state index contributed by atoms with van der Waals surface area (Å²) in [5.41, 5.74) is 5.14. The Labute approximate surface area is 237 Å². The molecule has 0 saturated heterocycles. The number of primary amides is 1. The third kappa shape index (κ3) is 4.34. The number of aliphatic hydroxyl groups excluding tert-OH is 2. The van der Waals surface area contributed by atoms with E-state index < -0.39 is 58.0 Å². The van der Waals surface area contributed by atoms with Gasteiger partial charge in [0.2, 0.25) is 5.78 Å². The Morgan fingerprint density at radius 3 is 2.34 bits per heavy atom. The van der Waals surface area contributed by atoms with E-state index in [1.807, 2.05) is 24.3 Å². The number of amides is 1. The van der Waals surface area contributed by atoms with Gasteiger partial charge in [-0.25, -0.2) is 0 Å². The third-order valence-electron chi connectivity index (χ3n) is 8.58. The second kappa shape index (κ2) is 10.1. The van der Waals surface area contributed by atoms with E-state index in [2.05, 4.69) is 19.2 Å². The van der Waals surface area contributed by atoms with Crippen LogP contribution in [-0.4, -0.2) is 74.6 Å². The maximum Gasteiger partial charge on any atom is 0.255 e. The molecular weight excluding hydrogens is 526 g/mol. The molecule has 0 aromatic heterocycles. The Morgan fingerprint density at radius 2 is 1.76 bits per heavy atom. The number of nitrogens with two attached hydrogens (primary N) is 1. The van der Waals surface area contributed by atoms with E-state index in [4.69, 9.17) is 5.73 Å². The number of carbonyl (C=O) groups excluding carboxylic acids is 3. The number of hydrogen-bond acceptors (Lipinski definition) is 9. The molecular formula is C31H35N3O7. The van der Waals surface area contributed by atoms with Crippen LogP contribution in [0.15, 0.2) is 53.3 Å². The van der Waals surface area contributed by atoms with Crippen LogP contribution in [0.1, 0.15) is 37.0 Å². The summed E-state index contributed by atoms with van der Waals surface area (Å²) in [6, 6.07) is 10.3. The summed E-state index contributed by atoms with van der Waals surface area (Å²) in [4.78, 5) is 40.8. The molecule has 10 heteroatoms. The molecule has 7 N–H and O–H groups in total. The third-order valence-corrected chi connectivity index (χ3v) is 8.58. The summed E-state index contributed by atoms with van der Waals surface area (Å²) in [6.45, 7) is 4.85. The lowest BCUT2D eigenvalue weighted by Gasteiger charge is -2.50. The maximum absolute atomic E-state index is 14.0. The van der Waals surface area contributed by atoms with Gasteiger partial charge in [-0.05, 0) is 61.2 Å². The number of phenolic OH excluding ortho intramolecular Hbond substituents is 1. The molecule has 1 amide bonds. The van der Waals surface area contributed by atoms with Crippen LogP contribution in [0.3, 0.4) is 0 Å². The average molecular weight is 562 g/mol. The zero-order valence-corrected chi connectivity index (χ0v) is 23.4. The summed E-state index contributed by atoms with van der Waals surface area (Å²) >= 11 is 0. The first-order valence-electron chi connectivity index (χ1n) is 13.6. The van der Waals surface area contributed by atoms with E-state index in [0.29, 0.717) is 18.2 Å². The van der Waals surface area contributed by atoms with Crippen molar-refractivity contribution < 1.29 is 34.8 Å². The molecule has 0 radical (unpaired) electrons. The van der Waals surface area contributed by atoms with Gasteiger partial charge in [0, 0.05) is 24.1 Å². The van der Waals surface area contributed by atoms with Gasteiger partial charge in [0.05, 0.1) is 11.6 Å². The van der Waals surface area contributed by atoms with Crippen molar-refractivity contribution in [3.05, 3.63) is 70.0 Å². The number of benzene rings is 2. The van der Waals surface area contributed by atoms with Gasteiger partial charge in [-0.2, -0.15) is 0 Å². The summed E-state index contributed by atoms with van der Waals surface area (Å²) in [5.74, 6) is -6.65. The molecule has 10 nitrogen and oxygen atoms in total. The van der Waals surface area contributed by atoms with E-state index >= 15 is 0 Å². The topological polar surface area (TPSA) is 173 Å². The van der Waals surface area contributed by atoms with Crippen molar-refractivity contribution in [2.45, 2.75) is 50.9 Å². The number of phenols is 1. The predicted molar refractivity (Wildman–Crippen MR) is 152 cm³/mol. The van der Waals surface area contributed by atoms with Crippen molar-refractivity contribution in [1.82, 2.24) is 10.2 Å². The lowest BCUT2D eigenvalue weighted by atomic mass is 9.57. The number of carbonyl (C=O) groups is 3. The lowest BCUT2D eigenvalue weighted by Crippen LogP contribution is -2.65. The van der Waals surface area contributed by atoms with E-state index in [-0.39, 0.29) is 29.7 Å². The highest BCUT2D eigenvalue weighted by Crippen LogP contribution is 2.53. The van der Waals surface area contributed by atoms with Gasteiger partial charge < -0.3 is 31.5 Å². The fourth-order valence-corrected chi connectivity index (χ4v) is 6.64. The van der Waals surface area contributed by atoms with Crippen LogP contribution in [0, 0.1) is 11.8 Å². The maximum atomic E-state index is 14.0. The van der Waals surface area contributed by atoms with Crippen LogP contribution < -0.4 is 11.1 Å². The molecule has 1 saturated carbocycles. The number of rotatable bonds is 6. The van der Waals surface area contributed by atoms with Crippen molar-refractivity contribution in [3.63, 3.8) is 0 Å². The molecule has 3 aliphatic carbocycles. The number of ketones is 2. The van der Waals surface area contributed by atoms with Crippen molar-refractivity contribution >= 4 is 23.2 Å². The Hall–Kier alpha value is -3.99. The lowest BCUT2D eigenvalue weighted by molar-refractivity contribution is -0.153. The second-order valence-electron chi connectivity index (χ2n) is 11.7. The zero-order chi connectivity index (χ0) is 30.0. The molecule has 2 aromatic rings. The van der Waals surface area contributed by atoms with Gasteiger partial charge >= 0.3 is 0 Å². The van der Waals surface area contributed by atoms with E-state index in [0.717, 1.165) is 16.7 Å². The predicted octanol–water partition coefficient (Wildman–Crippen LogP) is 2.13. The normalized spacial score (nSPS) is 25.9. The van der Waals surface area contributed by atoms with Crippen LogP contribution in [0.4, 0.5) is 0 Å². The number of aromatic hydroxyl groups is 1. The molecule has 0 heterocycles. The zero-order valence-electron chi connectivity index (χ0n) is 23.4. The molecule has 2 aromatic carbocycles. The summed E-state index contributed by atoms with van der Waals surface area (Å²) in [7, 11) is 3.15. The molecule has 0 bridgehead atoms. The van der Waals surface area contributed by atoms with Crippen LogP contribution in [-0.2, 0) is 27.3 Å². The highest BCUT2D eigenvalue weighted by atomic mass is 16.3. The Bertz CT molecular complexity index is 1520. The van der Waals surface area contributed by atoms with Crippen molar-refractivity contribution in [1.29, 1.82) is 0 Å². The molecule has 3 aliphatic rings. The Kier molecular flexibility index (Phi) is 7.05. The minimum Gasteiger partial charge on any atom is -0.508 e. The molecule has 5 rings (SSSR count). The van der Waals surface area contributed by atoms with Crippen molar-refractivity contribution in [3.8, 4) is 16.9 Å². The quantitative estimate of drug-likeness (QED) is 0.289. The van der Waals surface area contributed by atoms with Crippen LogP contribution in [0.5, 0.6) is 5.75 Å². The Balaban J connectivity index is 1.64.